The van der Waals surface area contributed by atoms with Gasteiger partial charge in [0, 0.05) is 37.8 Å². The van der Waals surface area contributed by atoms with Crippen molar-refractivity contribution in [1.29, 1.82) is 0 Å². The summed E-state index contributed by atoms with van der Waals surface area (Å²) in [5.41, 5.74) is 0. The van der Waals surface area contributed by atoms with Gasteiger partial charge in [0.15, 0.2) is 5.25 Å². The zero-order valence-electron chi connectivity index (χ0n) is 17.0. The minimum absolute atomic E-state index is 0.136. The van der Waals surface area contributed by atoms with Gasteiger partial charge in [0.05, 0.1) is 0 Å². The van der Waals surface area contributed by atoms with Crippen LogP contribution in [0, 0.1) is 0 Å². The van der Waals surface area contributed by atoms with E-state index in [0.29, 0.717) is 18.6 Å². The molecule has 1 aromatic rings. The van der Waals surface area contributed by atoms with Gasteiger partial charge in [-0.05, 0) is 42.2 Å². The minimum atomic E-state index is -4.80. The predicted octanol–water partition coefficient (Wildman–Crippen LogP) is 1.36. The van der Waals surface area contributed by atoms with Crippen LogP contribution in [0.15, 0.2) is 29.4 Å². The normalized spacial score (nSPS) is 15.0. The molecule has 1 aromatic heterocycles. The minimum Gasteiger partial charge on any atom is -0.356 e. The number of pyridine rings is 1. The van der Waals surface area contributed by atoms with Crippen molar-refractivity contribution in [3.05, 3.63) is 24.4 Å². The second-order valence-electron chi connectivity index (χ2n) is 6.66. The first-order valence-corrected chi connectivity index (χ1v) is 13.5. The van der Waals surface area contributed by atoms with Crippen LogP contribution in [0.5, 0.6) is 0 Å². The van der Waals surface area contributed by atoms with Crippen molar-refractivity contribution in [2.45, 2.75) is 48.8 Å². The van der Waals surface area contributed by atoms with Crippen LogP contribution in [0.4, 0.5) is 0 Å². The van der Waals surface area contributed by atoms with Crippen LogP contribution in [0.3, 0.4) is 0 Å². The lowest BCUT2D eigenvalue weighted by molar-refractivity contribution is -0.197. The van der Waals surface area contributed by atoms with E-state index in [1.807, 2.05) is 18.2 Å². The van der Waals surface area contributed by atoms with Crippen LogP contribution < -0.4 is 5.32 Å². The summed E-state index contributed by atoms with van der Waals surface area (Å²) in [7, 11) is -1.84. The van der Waals surface area contributed by atoms with E-state index in [0.717, 1.165) is 5.03 Å². The molecule has 1 aliphatic rings. The van der Waals surface area contributed by atoms with E-state index in [-0.39, 0.29) is 43.2 Å². The maximum atomic E-state index is 12.1. The number of unbranched alkanes of at least 4 members (excludes halogenated alkanes) is 1. The largest absolute Gasteiger partial charge is 0.356 e. The molecule has 14 heteroatoms. The van der Waals surface area contributed by atoms with Crippen molar-refractivity contribution in [2.75, 3.05) is 12.3 Å². The topological polar surface area (TPSA) is 160 Å². The Balaban J connectivity index is 1.65. The molecule has 3 amide bonds. The highest BCUT2D eigenvalue weighted by atomic mass is 33.1. The van der Waals surface area contributed by atoms with Gasteiger partial charge in [-0.1, -0.05) is 16.9 Å². The summed E-state index contributed by atoms with van der Waals surface area (Å²) in [6, 6.07) is 5.56. The predicted molar refractivity (Wildman–Crippen MR) is 117 cm³/mol. The SMILES string of the molecule is O=C(CCSSc1ccccn1)NCCCCC(C(=O)ON1C(=O)CCC1=O)S(=O)(=O)O. The summed E-state index contributed by atoms with van der Waals surface area (Å²) >= 11 is 0. The summed E-state index contributed by atoms with van der Waals surface area (Å²) < 4.78 is 32.3. The van der Waals surface area contributed by atoms with E-state index in [1.54, 1.807) is 6.20 Å². The average Bonchev–Trinajstić information content (AvgIpc) is 3.05. The molecule has 0 saturated carbocycles. The Kier molecular flexibility index (Phi) is 10.4. The molecule has 11 nitrogen and oxygen atoms in total. The van der Waals surface area contributed by atoms with Gasteiger partial charge in [-0.25, -0.2) is 9.78 Å². The van der Waals surface area contributed by atoms with Gasteiger partial charge in [-0.3, -0.25) is 18.9 Å². The summed E-state index contributed by atoms with van der Waals surface area (Å²) in [6.45, 7) is 0.257. The monoisotopic (exact) mass is 505 g/mol. The molecule has 1 saturated heterocycles. The van der Waals surface area contributed by atoms with Crippen molar-refractivity contribution in [2.24, 2.45) is 0 Å². The molecule has 1 atom stereocenters. The average molecular weight is 506 g/mol. The molecule has 2 N–H and O–H groups in total. The first-order chi connectivity index (χ1) is 15.2. The molecule has 0 aromatic carbocycles. The van der Waals surface area contributed by atoms with Crippen molar-refractivity contribution in [3.8, 4) is 0 Å². The Hall–Kier alpha value is -2.16. The van der Waals surface area contributed by atoms with Gasteiger partial charge in [0.1, 0.15) is 5.03 Å². The van der Waals surface area contributed by atoms with Crippen molar-refractivity contribution < 1.29 is 37.0 Å². The Morgan fingerprint density at radius 2 is 1.94 bits per heavy atom. The number of aromatic nitrogens is 1. The third-order valence-corrected chi connectivity index (χ3v) is 7.63. The zero-order valence-corrected chi connectivity index (χ0v) is 19.4. The molecular formula is C18H23N3O8S3. The number of rotatable bonds is 13. The lowest BCUT2D eigenvalue weighted by Crippen LogP contribution is -2.39. The van der Waals surface area contributed by atoms with Gasteiger partial charge in [0.2, 0.25) is 5.91 Å². The van der Waals surface area contributed by atoms with Gasteiger partial charge in [-0.2, -0.15) is 8.42 Å². The lowest BCUT2D eigenvalue weighted by Gasteiger charge is -2.17. The number of hydrogen-bond acceptors (Lipinski definition) is 10. The molecule has 0 radical (unpaired) electrons. The summed E-state index contributed by atoms with van der Waals surface area (Å²) in [6.07, 6.45) is 1.94. The van der Waals surface area contributed by atoms with Crippen LogP contribution >= 0.6 is 21.6 Å². The first kappa shape index (κ1) is 26.1. The molecule has 1 fully saturated rings. The van der Waals surface area contributed by atoms with E-state index in [4.69, 9.17) is 0 Å². The highest BCUT2D eigenvalue weighted by molar-refractivity contribution is 8.76. The molecule has 2 rings (SSSR count). The maximum absolute atomic E-state index is 12.1. The summed E-state index contributed by atoms with van der Waals surface area (Å²) in [5.74, 6) is -2.50. The number of nitrogens with zero attached hydrogens (tertiary/aromatic N) is 2. The molecule has 2 heterocycles. The molecule has 0 aliphatic carbocycles. The van der Waals surface area contributed by atoms with Crippen molar-refractivity contribution in [1.82, 2.24) is 15.4 Å². The number of amides is 3. The van der Waals surface area contributed by atoms with Gasteiger partial charge in [0.25, 0.3) is 21.9 Å². The van der Waals surface area contributed by atoms with E-state index >= 15 is 0 Å². The Bertz CT molecular complexity index is 911. The van der Waals surface area contributed by atoms with Crippen molar-refractivity contribution in [3.63, 3.8) is 0 Å². The third-order valence-electron chi connectivity index (χ3n) is 4.22. The Labute approximate surface area is 193 Å². The quantitative estimate of drug-likeness (QED) is 0.172. The van der Waals surface area contributed by atoms with Crippen LogP contribution in [0.1, 0.15) is 38.5 Å². The smallest absolute Gasteiger partial charge is 0.353 e. The molecule has 1 aliphatic heterocycles. The number of hydrogen-bond donors (Lipinski definition) is 2. The second kappa shape index (κ2) is 12.8. The molecule has 0 spiro atoms. The van der Waals surface area contributed by atoms with Gasteiger partial charge >= 0.3 is 5.97 Å². The first-order valence-electron chi connectivity index (χ1n) is 9.69. The number of carbonyl (C=O) groups is 4. The Morgan fingerprint density at radius 3 is 2.56 bits per heavy atom. The fourth-order valence-electron chi connectivity index (χ4n) is 2.60. The van der Waals surface area contributed by atoms with Crippen LogP contribution in [0.25, 0.3) is 0 Å². The molecule has 1 unspecified atom stereocenters. The Morgan fingerprint density at radius 1 is 1.22 bits per heavy atom. The lowest BCUT2D eigenvalue weighted by atomic mass is 10.2. The fourth-order valence-corrected chi connectivity index (χ4v) is 5.22. The van der Waals surface area contributed by atoms with E-state index < -0.39 is 33.2 Å². The third kappa shape index (κ3) is 8.76. The fraction of sp³-hybridized carbons (Fsp3) is 0.500. The van der Waals surface area contributed by atoms with Crippen LogP contribution in [-0.4, -0.2) is 64.3 Å². The van der Waals surface area contributed by atoms with Crippen LogP contribution in [0.2, 0.25) is 0 Å². The maximum Gasteiger partial charge on any atom is 0.353 e. The molecular weight excluding hydrogens is 482 g/mol. The van der Waals surface area contributed by atoms with Crippen molar-refractivity contribution >= 4 is 55.4 Å². The zero-order chi connectivity index (χ0) is 23.6. The second-order valence-corrected chi connectivity index (χ2v) is 10.7. The molecule has 0 bridgehead atoms. The number of nitrogens with one attached hydrogen (secondary N) is 1. The molecule has 32 heavy (non-hydrogen) atoms. The van der Waals surface area contributed by atoms with Gasteiger partial charge < -0.3 is 10.2 Å². The highest BCUT2D eigenvalue weighted by Crippen LogP contribution is 2.29. The standard InChI is InChI=1S/C18H23N3O8S3/c22-14(9-12-30-31-15-6-2-4-11-20-15)19-10-3-1-5-13(32(26,27)28)18(25)29-21-16(23)7-8-17(21)24/h2,4,6,11,13H,1,3,5,7-10,12H2,(H,19,22)(H,26,27,28). The number of hydroxylamine groups is 2. The number of carbonyl (C=O) groups excluding carboxylic acids is 4. The summed E-state index contributed by atoms with van der Waals surface area (Å²) in [4.78, 5) is 55.6. The highest BCUT2D eigenvalue weighted by Gasteiger charge is 2.38. The molecule has 176 valence electrons. The van der Waals surface area contributed by atoms with E-state index in [9.17, 15) is 32.1 Å². The van der Waals surface area contributed by atoms with E-state index in [2.05, 4.69) is 15.1 Å². The van der Waals surface area contributed by atoms with E-state index in [1.165, 1.54) is 21.6 Å². The van der Waals surface area contributed by atoms with Gasteiger partial charge in [-0.15, -0.1) is 5.06 Å². The van der Waals surface area contributed by atoms with Crippen LogP contribution in [-0.2, 0) is 34.1 Å². The summed E-state index contributed by atoms with van der Waals surface area (Å²) in [5, 5.41) is 1.84. The number of imide groups is 1.